The molecule has 0 bridgehead atoms. The molecule has 8 heteroatoms. The van der Waals surface area contributed by atoms with E-state index in [2.05, 4.69) is 9.72 Å². The van der Waals surface area contributed by atoms with Crippen LogP contribution in [-0.2, 0) is 6.54 Å². The first-order valence-electron chi connectivity index (χ1n) is 3.71. The molecule has 0 aliphatic heterocycles. The standard InChI is InChI=1S/C7H6F3IN2O2/c8-7(9,10)15-5-3(1-12)2-13-6(14)4(5)11/h2H,1,12H2,(H,13,14). The summed E-state index contributed by atoms with van der Waals surface area (Å²) in [5.74, 6) is -0.533. The molecule has 0 spiro atoms. The van der Waals surface area contributed by atoms with Crippen molar-refractivity contribution < 1.29 is 17.9 Å². The van der Waals surface area contributed by atoms with Gasteiger partial charge in [-0.05, 0) is 22.6 Å². The van der Waals surface area contributed by atoms with E-state index < -0.39 is 17.7 Å². The molecule has 0 atom stereocenters. The Balaban J connectivity index is 3.24. The number of H-pyrrole nitrogens is 1. The Morgan fingerprint density at radius 1 is 1.53 bits per heavy atom. The average Bonchev–Trinajstić information content (AvgIpc) is 2.11. The van der Waals surface area contributed by atoms with Crippen molar-refractivity contribution in [1.29, 1.82) is 0 Å². The lowest BCUT2D eigenvalue weighted by molar-refractivity contribution is -0.275. The lowest BCUT2D eigenvalue weighted by Crippen LogP contribution is -2.23. The molecule has 3 N–H and O–H groups in total. The third-order valence-electron chi connectivity index (χ3n) is 1.51. The summed E-state index contributed by atoms with van der Waals surface area (Å²) in [6.45, 7) is -0.155. The van der Waals surface area contributed by atoms with Crippen LogP contribution in [0.5, 0.6) is 5.75 Å². The molecule has 0 amide bonds. The molecule has 0 saturated heterocycles. The Bertz CT molecular complexity index is 416. The number of nitrogens with two attached hydrogens (primary N) is 1. The number of alkyl halides is 3. The molecule has 0 aliphatic rings. The molecule has 4 nitrogen and oxygen atoms in total. The lowest BCUT2D eigenvalue weighted by atomic mass is 10.2. The smallest absolute Gasteiger partial charge is 0.404 e. The second-order valence-electron chi connectivity index (χ2n) is 2.54. The Hall–Kier alpha value is -0.770. The Morgan fingerprint density at radius 2 is 2.13 bits per heavy atom. The van der Waals surface area contributed by atoms with Crippen LogP contribution in [0, 0.1) is 3.57 Å². The zero-order valence-electron chi connectivity index (χ0n) is 7.19. The van der Waals surface area contributed by atoms with Gasteiger partial charge in [-0.15, -0.1) is 13.2 Å². The van der Waals surface area contributed by atoms with Crippen molar-refractivity contribution in [3.8, 4) is 5.75 Å². The van der Waals surface area contributed by atoms with Crippen LogP contribution in [0.2, 0.25) is 0 Å². The van der Waals surface area contributed by atoms with Crippen molar-refractivity contribution in [2.45, 2.75) is 12.9 Å². The highest BCUT2D eigenvalue weighted by Gasteiger charge is 2.33. The van der Waals surface area contributed by atoms with E-state index in [4.69, 9.17) is 5.73 Å². The van der Waals surface area contributed by atoms with Crippen LogP contribution in [0.4, 0.5) is 13.2 Å². The molecule has 15 heavy (non-hydrogen) atoms. The first-order chi connectivity index (χ1) is 6.85. The van der Waals surface area contributed by atoms with Gasteiger partial charge in [-0.1, -0.05) is 0 Å². The second-order valence-corrected chi connectivity index (χ2v) is 3.62. The number of nitrogens with one attached hydrogen (secondary N) is 1. The number of hydrogen-bond donors (Lipinski definition) is 2. The predicted molar refractivity (Wildman–Crippen MR) is 54.4 cm³/mol. The van der Waals surface area contributed by atoms with Gasteiger partial charge >= 0.3 is 6.36 Å². The fourth-order valence-electron chi connectivity index (χ4n) is 0.903. The van der Waals surface area contributed by atoms with Crippen LogP contribution in [-0.4, -0.2) is 11.3 Å². The Morgan fingerprint density at radius 3 is 2.60 bits per heavy atom. The normalized spacial score (nSPS) is 11.5. The van der Waals surface area contributed by atoms with Gasteiger partial charge in [-0.3, -0.25) is 4.79 Å². The highest BCUT2D eigenvalue weighted by Crippen LogP contribution is 2.28. The maximum absolute atomic E-state index is 12.0. The summed E-state index contributed by atoms with van der Waals surface area (Å²) < 4.78 is 39.5. The Kier molecular flexibility index (Phi) is 3.60. The quantitative estimate of drug-likeness (QED) is 0.802. The SMILES string of the molecule is NCc1c[nH]c(=O)c(I)c1OC(F)(F)F. The predicted octanol–water partition coefficient (Wildman–Crippen LogP) is 1.34. The molecule has 0 unspecified atom stereocenters. The van der Waals surface area contributed by atoms with E-state index in [0.29, 0.717) is 0 Å². The summed E-state index contributed by atoms with van der Waals surface area (Å²) >= 11 is 1.47. The van der Waals surface area contributed by atoms with E-state index in [0.717, 1.165) is 6.20 Å². The zero-order chi connectivity index (χ0) is 11.6. The molecule has 1 rings (SSSR count). The number of hydrogen-bond acceptors (Lipinski definition) is 3. The first kappa shape index (κ1) is 12.3. The van der Waals surface area contributed by atoms with Crippen LogP contribution in [0.25, 0.3) is 0 Å². The number of ether oxygens (including phenoxy) is 1. The highest BCUT2D eigenvalue weighted by atomic mass is 127. The van der Waals surface area contributed by atoms with Gasteiger partial charge in [0, 0.05) is 18.3 Å². The van der Waals surface area contributed by atoms with E-state index in [9.17, 15) is 18.0 Å². The van der Waals surface area contributed by atoms with E-state index in [-0.39, 0.29) is 15.7 Å². The third-order valence-corrected chi connectivity index (χ3v) is 2.49. The Labute approximate surface area is 95.8 Å². The monoisotopic (exact) mass is 334 g/mol. The second kappa shape index (κ2) is 4.39. The molecule has 84 valence electrons. The molecular formula is C7H6F3IN2O2. The lowest BCUT2D eigenvalue weighted by Gasteiger charge is -2.13. The average molecular weight is 334 g/mol. The first-order valence-corrected chi connectivity index (χ1v) is 4.79. The number of pyridine rings is 1. The van der Waals surface area contributed by atoms with Crippen LogP contribution in [0.15, 0.2) is 11.0 Å². The van der Waals surface area contributed by atoms with E-state index in [1.807, 2.05) is 0 Å². The summed E-state index contributed by atoms with van der Waals surface area (Å²) in [6.07, 6.45) is -3.73. The van der Waals surface area contributed by atoms with Crippen molar-refractivity contribution >= 4 is 22.6 Å². The van der Waals surface area contributed by atoms with E-state index in [1.54, 1.807) is 0 Å². The maximum Gasteiger partial charge on any atom is 0.573 e. The van der Waals surface area contributed by atoms with E-state index >= 15 is 0 Å². The minimum absolute atomic E-state index is 0.0938. The van der Waals surface area contributed by atoms with Gasteiger partial charge < -0.3 is 15.5 Å². The van der Waals surface area contributed by atoms with Crippen molar-refractivity contribution in [1.82, 2.24) is 4.98 Å². The molecule has 0 saturated carbocycles. The molecular weight excluding hydrogens is 328 g/mol. The number of halogens is 4. The zero-order valence-corrected chi connectivity index (χ0v) is 9.35. The van der Waals surface area contributed by atoms with Gasteiger partial charge in [-0.2, -0.15) is 0 Å². The van der Waals surface area contributed by atoms with Crippen molar-refractivity contribution in [3.63, 3.8) is 0 Å². The summed E-state index contributed by atoms with van der Waals surface area (Å²) in [4.78, 5) is 13.3. The molecule has 1 aromatic rings. The summed E-state index contributed by atoms with van der Waals surface area (Å²) in [7, 11) is 0. The fraction of sp³-hybridized carbons (Fsp3) is 0.286. The molecule has 0 radical (unpaired) electrons. The minimum Gasteiger partial charge on any atom is -0.404 e. The largest absolute Gasteiger partial charge is 0.573 e. The number of aromatic nitrogens is 1. The van der Waals surface area contributed by atoms with Gasteiger partial charge in [0.2, 0.25) is 0 Å². The van der Waals surface area contributed by atoms with Crippen LogP contribution in [0.1, 0.15) is 5.56 Å². The molecule has 0 aromatic carbocycles. The van der Waals surface area contributed by atoms with Gasteiger partial charge in [-0.25, -0.2) is 0 Å². The van der Waals surface area contributed by atoms with Crippen molar-refractivity contribution in [2.75, 3.05) is 0 Å². The van der Waals surface area contributed by atoms with Gasteiger partial charge in [0.15, 0.2) is 5.75 Å². The fourth-order valence-corrected chi connectivity index (χ4v) is 1.52. The topological polar surface area (TPSA) is 68.1 Å². The third kappa shape index (κ3) is 3.09. The molecule has 0 fully saturated rings. The highest BCUT2D eigenvalue weighted by molar-refractivity contribution is 14.1. The molecule has 0 aliphatic carbocycles. The van der Waals surface area contributed by atoms with Crippen LogP contribution in [0.3, 0.4) is 0 Å². The van der Waals surface area contributed by atoms with Crippen LogP contribution < -0.4 is 16.0 Å². The van der Waals surface area contributed by atoms with Gasteiger partial charge in [0.1, 0.15) is 3.57 Å². The summed E-state index contributed by atoms with van der Waals surface area (Å²) in [5, 5.41) is 0. The van der Waals surface area contributed by atoms with E-state index in [1.165, 1.54) is 22.6 Å². The van der Waals surface area contributed by atoms with Crippen molar-refractivity contribution in [3.05, 3.63) is 25.7 Å². The maximum atomic E-state index is 12.0. The number of rotatable bonds is 2. The van der Waals surface area contributed by atoms with Gasteiger partial charge in [0.05, 0.1) is 0 Å². The summed E-state index contributed by atoms with van der Waals surface area (Å²) in [6, 6.07) is 0. The van der Waals surface area contributed by atoms with Gasteiger partial charge in [0.25, 0.3) is 5.56 Å². The molecule has 1 aromatic heterocycles. The minimum atomic E-state index is -4.84. The summed E-state index contributed by atoms with van der Waals surface area (Å²) in [5.41, 5.74) is 4.66. The van der Waals surface area contributed by atoms with Crippen molar-refractivity contribution in [2.24, 2.45) is 5.73 Å². The molecule has 1 heterocycles. The van der Waals surface area contributed by atoms with Crippen LogP contribution >= 0.6 is 22.6 Å². The number of aromatic amines is 1.